The Bertz CT molecular complexity index is 361. The summed E-state index contributed by atoms with van der Waals surface area (Å²) >= 11 is 0. The highest BCUT2D eigenvalue weighted by atomic mass is 14.7. The van der Waals surface area contributed by atoms with Gasteiger partial charge in [-0.15, -0.1) is 0 Å². The molecule has 0 fully saturated rings. The van der Waals surface area contributed by atoms with E-state index in [2.05, 4.69) is 44.0 Å². The number of benzene rings is 1. The predicted octanol–water partition coefficient (Wildman–Crippen LogP) is 2.71. The lowest BCUT2D eigenvalue weighted by Crippen LogP contribution is -2.26. The SMILES string of the molecule is Cc1cccc2c1C=NCC2(C)C. The van der Waals surface area contributed by atoms with Crippen molar-refractivity contribution in [2.24, 2.45) is 4.99 Å². The van der Waals surface area contributed by atoms with Crippen LogP contribution < -0.4 is 0 Å². The normalized spacial score (nSPS) is 18.4. The fourth-order valence-electron chi connectivity index (χ4n) is 1.89. The number of hydrogen-bond acceptors (Lipinski definition) is 1. The summed E-state index contributed by atoms with van der Waals surface area (Å²) in [6.45, 7) is 7.55. The maximum Gasteiger partial charge on any atom is 0.0481 e. The highest BCUT2D eigenvalue weighted by Gasteiger charge is 2.25. The molecule has 1 nitrogen and oxygen atoms in total. The monoisotopic (exact) mass is 173 g/mol. The molecule has 0 spiro atoms. The molecule has 0 N–H and O–H groups in total. The maximum atomic E-state index is 4.41. The van der Waals surface area contributed by atoms with Crippen molar-refractivity contribution in [1.29, 1.82) is 0 Å². The van der Waals surface area contributed by atoms with Crippen LogP contribution >= 0.6 is 0 Å². The van der Waals surface area contributed by atoms with Gasteiger partial charge < -0.3 is 0 Å². The summed E-state index contributed by atoms with van der Waals surface area (Å²) < 4.78 is 0. The Morgan fingerprint density at radius 3 is 2.77 bits per heavy atom. The van der Waals surface area contributed by atoms with E-state index >= 15 is 0 Å². The summed E-state index contributed by atoms with van der Waals surface area (Å²) in [6, 6.07) is 6.49. The zero-order valence-corrected chi connectivity index (χ0v) is 8.46. The topological polar surface area (TPSA) is 12.4 Å². The van der Waals surface area contributed by atoms with Crippen LogP contribution in [0.15, 0.2) is 23.2 Å². The Balaban J connectivity index is 2.67. The predicted molar refractivity (Wildman–Crippen MR) is 56.7 cm³/mol. The standard InChI is InChI=1S/C12H15N/c1-9-5-4-6-11-10(9)7-13-8-12(11,2)3/h4-7H,8H2,1-3H3. The van der Waals surface area contributed by atoms with Crippen LogP contribution in [0.1, 0.15) is 30.5 Å². The first-order chi connectivity index (χ1) is 6.11. The number of nitrogens with zero attached hydrogens (tertiary/aromatic N) is 1. The van der Waals surface area contributed by atoms with Gasteiger partial charge in [-0.25, -0.2) is 0 Å². The molecule has 0 amide bonds. The van der Waals surface area contributed by atoms with E-state index in [0.29, 0.717) is 0 Å². The second kappa shape index (κ2) is 2.69. The van der Waals surface area contributed by atoms with E-state index in [0.717, 1.165) is 6.54 Å². The first-order valence-corrected chi connectivity index (χ1v) is 4.71. The average molecular weight is 173 g/mol. The molecule has 1 aliphatic rings. The van der Waals surface area contributed by atoms with Gasteiger partial charge in [-0.1, -0.05) is 32.0 Å². The minimum absolute atomic E-state index is 0.204. The number of fused-ring (bicyclic) bond motifs is 1. The first-order valence-electron chi connectivity index (χ1n) is 4.71. The van der Waals surface area contributed by atoms with Gasteiger partial charge in [0.1, 0.15) is 0 Å². The van der Waals surface area contributed by atoms with Crippen molar-refractivity contribution in [2.75, 3.05) is 6.54 Å². The van der Waals surface area contributed by atoms with E-state index in [9.17, 15) is 0 Å². The van der Waals surface area contributed by atoms with Gasteiger partial charge in [0.15, 0.2) is 0 Å². The molecule has 0 atom stereocenters. The third kappa shape index (κ3) is 1.28. The molecular weight excluding hydrogens is 158 g/mol. The number of hydrogen-bond donors (Lipinski definition) is 0. The number of rotatable bonds is 0. The van der Waals surface area contributed by atoms with E-state index in [1.807, 2.05) is 6.21 Å². The molecule has 0 unspecified atom stereocenters. The molecule has 1 aromatic rings. The van der Waals surface area contributed by atoms with Crippen molar-refractivity contribution in [1.82, 2.24) is 0 Å². The second-order valence-corrected chi connectivity index (χ2v) is 4.39. The van der Waals surface area contributed by atoms with Crippen LogP contribution in [-0.2, 0) is 5.41 Å². The van der Waals surface area contributed by atoms with Crippen LogP contribution in [0.25, 0.3) is 0 Å². The molecular formula is C12H15N. The van der Waals surface area contributed by atoms with Crippen LogP contribution in [0.3, 0.4) is 0 Å². The van der Waals surface area contributed by atoms with Crippen LogP contribution in [0, 0.1) is 6.92 Å². The maximum absolute atomic E-state index is 4.41. The van der Waals surface area contributed by atoms with Crippen molar-refractivity contribution < 1.29 is 0 Å². The molecule has 13 heavy (non-hydrogen) atoms. The highest BCUT2D eigenvalue weighted by molar-refractivity contribution is 5.85. The summed E-state index contributed by atoms with van der Waals surface area (Å²) in [7, 11) is 0. The van der Waals surface area contributed by atoms with Gasteiger partial charge in [0.05, 0.1) is 0 Å². The molecule has 0 saturated carbocycles. The van der Waals surface area contributed by atoms with E-state index < -0.39 is 0 Å². The molecule has 0 saturated heterocycles. The summed E-state index contributed by atoms with van der Waals surface area (Å²) in [5, 5.41) is 0. The van der Waals surface area contributed by atoms with Gasteiger partial charge in [-0.05, 0) is 23.6 Å². The molecule has 0 aromatic heterocycles. The quantitative estimate of drug-likeness (QED) is 0.572. The largest absolute Gasteiger partial charge is 0.292 e. The van der Waals surface area contributed by atoms with Crippen molar-refractivity contribution in [2.45, 2.75) is 26.2 Å². The van der Waals surface area contributed by atoms with Crippen LogP contribution in [0.5, 0.6) is 0 Å². The molecule has 1 aromatic carbocycles. The lowest BCUT2D eigenvalue weighted by molar-refractivity contribution is 0.533. The minimum Gasteiger partial charge on any atom is -0.292 e. The van der Waals surface area contributed by atoms with Crippen LogP contribution in [0.4, 0.5) is 0 Å². The van der Waals surface area contributed by atoms with Crippen molar-refractivity contribution in [3.63, 3.8) is 0 Å². The van der Waals surface area contributed by atoms with Gasteiger partial charge in [0, 0.05) is 18.2 Å². The Hall–Kier alpha value is -1.11. The fraction of sp³-hybridized carbons (Fsp3) is 0.417. The molecule has 1 heterocycles. The average Bonchev–Trinajstić information content (AvgIpc) is 2.06. The Kier molecular flexibility index (Phi) is 1.76. The zero-order valence-electron chi connectivity index (χ0n) is 8.46. The van der Waals surface area contributed by atoms with Crippen molar-refractivity contribution in [3.8, 4) is 0 Å². The molecule has 1 heteroatoms. The minimum atomic E-state index is 0.204. The molecule has 0 aliphatic carbocycles. The summed E-state index contributed by atoms with van der Waals surface area (Å²) in [6.07, 6.45) is 2.01. The van der Waals surface area contributed by atoms with Gasteiger partial charge in [0.25, 0.3) is 0 Å². The smallest absolute Gasteiger partial charge is 0.0481 e. The van der Waals surface area contributed by atoms with Gasteiger partial charge in [-0.3, -0.25) is 4.99 Å². The Labute approximate surface area is 79.5 Å². The lowest BCUT2D eigenvalue weighted by Gasteiger charge is -2.29. The molecule has 0 bridgehead atoms. The molecule has 68 valence electrons. The summed E-state index contributed by atoms with van der Waals surface area (Å²) in [5.74, 6) is 0. The van der Waals surface area contributed by atoms with E-state index in [-0.39, 0.29) is 5.41 Å². The Morgan fingerprint density at radius 2 is 2.08 bits per heavy atom. The number of aryl methyl sites for hydroxylation is 1. The zero-order chi connectivity index (χ0) is 9.47. The number of aliphatic imine (C=N–C) groups is 1. The van der Waals surface area contributed by atoms with Crippen molar-refractivity contribution >= 4 is 6.21 Å². The highest BCUT2D eigenvalue weighted by Crippen LogP contribution is 2.30. The lowest BCUT2D eigenvalue weighted by atomic mass is 9.79. The second-order valence-electron chi connectivity index (χ2n) is 4.39. The van der Waals surface area contributed by atoms with Gasteiger partial charge in [0.2, 0.25) is 0 Å². The molecule has 0 radical (unpaired) electrons. The fourth-order valence-corrected chi connectivity index (χ4v) is 1.89. The van der Waals surface area contributed by atoms with Crippen LogP contribution in [0.2, 0.25) is 0 Å². The third-order valence-electron chi connectivity index (χ3n) is 2.76. The summed E-state index contributed by atoms with van der Waals surface area (Å²) in [5.41, 5.74) is 4.28. The summed E-state index contributed by atoms with van der Waals surface area (Å²) in [4.78, 5) is 4.41. The van der Waals surface area contributed by atoms with E-state index in [1.54, 1.807) is 0 Å². The third-order valence-corrected chi connectivity index (χ3v) is 2.76. The Morgan fingerprint density at radius 1 is 1.31 bits per heavy atom. The van der Waals surface area contributed by atoms with Crippen molar-refractivity contribution in [3.05, 3.63) is 34.9 Å². The molecule has 1 aliphatic heterocycles. The van der Waals surface area contributed by atoms with E-state index in [4.69, 9.17) is 0 Å². The van der Waals surface area contributed by atoms with E-state index in [1.165, 1.54) is 16.7 Å². The first kappa shape index (κ1) is 8.49. The van der Waals surface area contributed by atoms with Crippen LogP contribution in [-0.4, -0.2) is 12.8 Å². The van der Waals surface area contributed by atoms with Gasteiger partial charge >= 0.3 is 0 Å². The molecule has 2 rings (SSSR count). The van der Waals surface area contributed by atoms with Gasteiger partial charge in [-0.2, -0.15) is 0 Å².